The highest BCUT2D eigenvalue weighted by atomic mass is 35.5. The average Bonchev–Trinajstić information content (AvgIpc) is 2.41. The summed E-state index contributed by atoms with van der Waals surface area (Å²) in [6.07, 6.45) is 0. The van der Waals surface area contributed by atoms with Gasteiger partial charge in [0.25, 0.3) is 0 Å². The van der Waals surface area contributed by atoms with Crippen LogP contribution in [0.15, 0.2) is 47.4 Å². The summed E-state index contributed by atoms with van der Waals surface area (Å²) in [6, 6.07) is 8.80. The first-order valence-electron chi connectivity index (χ1n) is 5.96. The third-order valence-electron chi connectivity index (χ3n) is 2.91. The van der Waals surface area contributed by atoms with Crippen molar-refractivity contribution in [3.05, 3.63) is 64.7 Å². The number of hydrogen-bond acceptors (Lipinski definition) is 2. The van der Waals surface area contributed by atoms with Gasteiger partial charge in [-0.2, -0.15) is 4.31 Å². The zero-order valence-corrected chi connectivity index (χ0v) is 12.6. The van der Waals surface area contributed by atoms with Crippen molar-refractivity contribution in [1.82, 2.24) is 4.31 Å². The lowest BCUT2D eigenvalue weighted by atomic mass is 10.2. The van der Waals surface area contributed by atoms with Crippen molar-refractivity contribution >= 4 is 21.6 Å². The Kier molecular flexibility index (Phi) is 4.61. The molecule has 0 saturated carbocycles. The van der Waals surface area contributed by atoms with Gasteiger partial charge in [0.2, 0.25) is 10.0 Å². The van der Waals surface area contributed by atoms with Crippen LogP contribution in [0.3, 0.4) is 0 Å². The Hall–Kier alpha value is -1.50. The topological polar surface area (TPSA) is 37.4 Å². The lowest BCUT2D eigenvalue weighted by molar-refractivity contribution is 0.454. The maximum absolute atomic E-state index is 13.6. The standard InChI is InChI=1S/C14H12ClF2NO2S/c1-18(9-10-5-6-12(16)8-14(10)17)21(19,20)13-4-2-3-11(15)7-13/h2-8H,9H2,1H3. The summed E-state index contributed by atoms with van der Waals surface area (Å²) < 4.78 is 52.1. The third-order valence-corrected chi connectivity index (χ3v) is 4.95. The molecule has 21 heavy (non-hydrogen) atoms. The van der Waals surface area contributed by atoms with Gasteiger partial charge in [-0.05, 0) is 24.3 Å². The SMILES string of the molecule is CN(Cc1ccc(F)cc1F)S(=O)(=O)c1cccc(Cl)c1. The first-order chi connectivity index (χ1) is 9.80. The Morgan fingerprint density at radius 2 is 1.86 bits per heavy atom. The van der Waals surface area contributed by atoms with Crippen molar-refractivity contribution in [1.29, 1.82) is 0 Å². The minimum atomic E-state index is -3.80. The highest BCUT2D eigenvalue weighted by Crippen LogP contribution is 2.21. The third kappa shape index (κ3) is 3.58. The summed E-state index contributed by atoms with van der Waals surface area (Å²) in [6.45, 7) is -0.207. The largest absolute Gasteiger partial charge is 0.243 e. The van der Waals surface area contributed by atoms with Crippen LogP contribution in [0.4, 0.5) is 8.78 Å². The second-order valence-corrected chi connectivity index (χ2v) is 6.94. The van der Waals surface area contributed by atoms with Crippen LogP contribution < -0.4 is 0 Å². The van der Waals surface area contributed by atoms with E-state index in [0.717, 1.165) is 16.4 Å². The Balaban J connectivity index is 2.28. The Bertz CT molecular complexity index is 765. The number of rotatable bonds is 4. The van der Waals surface area contributed by atoms with Gasteiger partial charge in [0.1, 0.15) is 11.6 Å². The molecule has 0 fully saturated rings. The van der Waals surface area contributed by atoms with Crippen molar-refractivity contribution in [2.45, 2.75) is 11.4 Å². The molecule has 2 rings (SSSR count). The fraction of sp³-hybridized carbons (Fsp3) is 0.143. The number of halogens is 3. The molecule has 7 heteroatoms. The first kappa shape index (κ1) is 15.9. The Labute approximate surface area is 126 Å². The minimum absolute atomic E-state index is 0.0139. The van der Waals surface area contributed by atoms with E-state index in [1.54, 1.807) is 6.07 Å². The maximum Gasteiger partial charge on any atom is 0.243 e. The van der Waals surface area contributed by atoms with Crippen molar-refractivity contribution in [2.24, 2.45) is 0 Å². The van der Waals surface area contributed by atoms with E-state index >= 15 is 0 Å². The molecule has 0 spiro atoms. The monoisotopic (exact) mass is 331 g/mol. The van der Waals surface area contributed by atoms with Crippen LogP contribution in [-0.4, -0.2) is 19.8 Å². The molecular formula is C14H12ClF2NO2S. The number of sulfonamides is 1. The summed E-state index contributed by atoms with van der Waals surface area (Å²) >= 11 is 5.77. The van der Waals surface area contributed by atoms with Gasteiger partial charge in [-0.3, -0.25) is 0 Å². The molecule has 0 heterocycles. The fourth-order valence-electron chi connectivity index (χ4n) is 1.78. The molecule has 0 aliphatic rings. The summed E-state index contributed by atoms with van der Waals surface area (Å²) in [7, 11) is -2.48. The van der Waals surface area contributed by atoms with Crippen LogP contribution in [0.5, 0.6) is 0 Å². The van der Waals surface area contributed by atoms with Crippen molar-refractivity contribution in [3.8, 4) is 0 Å². The van der Waals surface area contributed by atoms with Crippen LogP contribution in [0, 0.1) is 11.6 Å². The molecule has 2 aromatic carbocycles. The second kappa shape index (κ2) is 6.09. The zero-order valence-electron chi connectivity index (χ0n) is 11.1. The number of benzene rings is 2. The molecule has 0 unspecified atom stereocenters. The molecule has 3 nitrogen and oxygen atoms in total. The average molecular weight is 332 g/mol. The summed E-state index contributed by atoms with van der Waals surface area (Å²) in [4.78, 5) is 0.0139. The summed E-state index contributed by atoms with van der Waals surface area (Å²) in [5.41, 5.74) is 0.0875. The van der Waals surface area contributed by atoms with Gasteiger partial charge >= 0.3 is 0 Å². The molecule has 0 N–H and O–H groups in total. The lowest BCUT2D eigenvalue weighted by Gasteiger charge is -2.17. The molecule has 0 radical (unpaired) electrons. The van der Waals surface area contributed by atoms with Crippen LogP contribution in [0.25, 0.3) is 0 Å². The Morgan fingerprint density at radius 1 is 1.14 bits per heavy atom. The normalized spacial score (nSPS) is 11.9. The molecule has 0 atom stereocenters. The van der Waals surface area contributed by atoms with Crippen molar-refractivity contribution in [3.63, 3.8) is 0 Å². The van der Waals surface area contributed by atoms with Crippen molar-refractivity contribution < 1.29 is 17.2 Å². The predicted molar refractivity (Wildman–Crippen MR) is 76.5 cm³/mol. The van der Waals surface area contributed by atoms with E-state index in [-0.39, 0.29) is 22.0 Å². The molecule has 0 aromatic heterocycles. The van der Waals surface area contributed by atoms with Crippen molar-refractivity contribution in [2.75, 3.05) is 7.05 Å². The highest BCUT2D eigenvalue weighted by Gasteiger charge is 2.22. The molecule has 0 aliphatic heterocycles. The number of nitrogens with zero attached hydrogens (tertiary/aromatic N) is 1. The van der Waals surface area contributed by atoms with E-state index in [0.29, 0.717) is 0 Å². The van der Waals surface area contributed by atoms with Gasteiger partial charge in [-0.25, -0.2) is 17.2 Å². The summed E-state index contributed by atoms with van der Waals surface area (Å²) in [5, 5.41) is 0.289. The van der Waals surface area contributed by atoms with Gasteiger partial charge in [0, 0.05) is 30.2 Å². The van der Waals surface area contributed by atoms with E-state index in [1.807, 2.05) is 0 Å². The fourth-order valence-corrected chi connectivity index (χ4v) is 3.23. The van der Waals surface area contributed by atoms with E-state index in [2.05, 4.69) is 0 Å². The molecule has 2 aromatic rings. The molecular weight excluding hydrogens is 320 g/mol. The first-order valence-corrected chi connectivity index (χ1v) is 7.78. The van der Waals surface area contributed by atoms with E-state index in [1.165, 1.54) is 31.3 Å². The molecule has 112 valence electrons. The number of hydrogen-bond donors (Lipinski definition) is 0. The van der Waals surface area contributed by atoms with Gasteiger partial charge in [0.15, 0.2) is 0 Å². The van der Waals surface area contributed by atoms with Gasteiger partial charge in [0.05, 0.1) is 4.90 Å². The van der Waals surface area contributed by atoms with Crippen LogP contribution in [0.2, 0.25) is 5.02 Å². The smallest absolute Gasteiger partial charge is 0.207 e. The van der Waals surface area contributed by atoms with E-state index < -0.39 is 21.7 Å². The zero-order chi connectivity index (χ0) is 15.6. The lowest BCUT2D eigenvalue weighted by Crippen LogP contribution is -2.27. The molecule has 0 aliphatic carbocycles. The molecule has 0 amide bonds. The maximum atomic E-state index is 13.6. The Morgan fingerprint density at radius 3 is 2.48 bits per heavy atom. The molecule has 0 bridgehead atoms. The summed E-state index contributed by atoms with van der Waals surface area (Å²) in [5.74, 6) is -1.50. The van der Waals surface area contributed by atoms with Gasteiger partial charge < -0.3 is 0 Å². The minimum Gasteiger partial charge on any atom is -0.207 e. The van der Waals surface area contributed by atoms with Gasteiger partial charge in [-0.1, -0.05) is 23.7 Å². The highest BCUT2D eigenvalue weighted by molar-refractivity contribution is 7.89. The predicted octanol–water partition coefficient (Wildman–Crippen LogP) is 3.44. The van der Waals surface area contributed by atoms with Crippen LogP contribution in [0.1, 0.15) is 5.56 Å². The van der Waals surface area contributed by atoms with Gasteiger partial charge in [-0.15, -0.1) is 0 Å². The van der Waals surface area contributed by atoms with E-state index in [9.17, 15) is 17.2 Å². The second-order valence-electron chi connectivity index (χ2n) is 4.45. The van der Waals surface area contributed by atoms with Crippen LogP contribution in [-0.2, 0) is 16.6 Å². The van der Waals surface area contributed by atoms with E-state index in [4.69, 9.17) is 11.6 Å². The molecule has 0 saturated heterocycles. The van der Waals surface area contributed by atoms with Crippen LogP contribution >= 0.6 is 11.6 Å². The quantitative estimate of drug-likeness (QED) is 0.860.